The molecule has 7 heteroatoms. The second-order valence-corrected chi connectivity index (χ2v) is 8.26. The zero-order valence-corrected chi connectivity index (χ0v) is 18.7. The number of anilines is 1. The van der Waals surface area contributed by atoms with E-state index in [1.165, 1.54) is 0 Å². The third-order valence-electron chi connectivity index (χ3n) is 5.21. The third kappa shape index (κ3) is 4.82. The van der Waals surface area contributed by atoms with Gasteiger partial charge in [-0.1, -0.05) is 76.1 Å². The highest BCUT2D eigenvalue weighted by molar-refractivity contribution is 9.09. The lowest BCUT2D eigenvalue weighted by molar-refractivity contribution is -0.129. The van der Waals surface area contributed by atoms with Crippen molar-refractivity contribution in [2.24, 2.45) is 0 Å². The van der Waals surface area contributed by atoms with E-state index in [1.807, 2.05) is 35.2 Å². The summed E-state index contributed by atoms with van der Waals surface area (Å²) in [5, 5.41) is 4.23. The lowest BCUT2D eigenvalue weighted by Gasteiger charge is -2.32. The summed E-state index contributed by atoms with van der Waals surface area (Å²) >= 11 is 9.70. The maximum absolute atomic E-state index is 12.0. The van der Waals surface area contributed by atoms with Gasteiger partial charge >= 0.3 is 0 Å². The molecular formula is C23H22BrClN4O. The summed E-state index contributed by atoms with van der Waals surface area (Å²) in [6.45, 7) is 1.44. The van der Waals surface area contributed by atoms with Gasteiger partial charge in [0, 0.05) is 24.7 Å². The molecule has 1 aromatic heterocycles. The van der Waals surface area contributed by atoms with Crippen LogP contribution in [0.5, 0.6) is 0 Å². The molecule has 0 radical (unpaired) electrons. The van der Waals surface area contributed by atoms with Gasteiger partial charge in [-0.05, 0) is 30.0 Å². The van der Waals surface area contributed by atoms with Crippen molar-refractivity contribution in [2.75, 3.05) is 23.7 Å². The summed E-state index contributed by atoms with van der Waals surface area (Å²) in [5.41, 5.74) is 3.87. The number of nitrogens with one attached hydrogen (secondary N) is 1. The average Bonchev–Trinajstić information content (AvgIpc) is 2.80. The van der Waals surface area contributed by atoms with Crippen molar-refractivity contribution in [3.05, 3.63) is 65.8 Å². The predicted octanol–water partition coefficient (Wildman–Crippen LogP) is 5.26. The summed E-state index contributed by atoms with van der Waals surface area (Å²) in [7, 11) is 0. The Labute approximate surface area is 189 Å². The fourth-order valence-electron chi connectivity index (χ4n) is 3.70. The van der Waals surface area contributed by atoms with Gasteiger partial charge in [0.25, 0.3) is 0 Å². The Kier molecular flexibility index (Phi) is 6.65. The van der Waals surface area contributed by atoms with Crippen LogP contribution in [0.25, 0.3) is 22.4 Å². The number of carbonyl (C=O) groups is 1. The van der Waals surface area contributed by atoms with Gasteiger partial charge in [0.15, 0.2) is 0 Å². The molecule has 0 spiro atoms. The van der Waals surface area contributed by atoms with Crippen molar-refractivity contribution in [3.8, 4) is 22.4 Å². The minimum Gasteiger partial charge on any atom is -0.350 e. The van der Waals surface area contributed by atoms with E-state index in [2.05, 4.69) is 50.5 Å². The Morgan fingerprint density at radius 2 is 1.90 bits per heavy atom. The maximum atomic E-state index is 12.0. The number of benzene rings is 2. The average molecular weight is 486 g/mol. The van der Waals surface area contributed by atoms with Gasteiger partial charge < -0.3 is 10.2 Å². The van der Waals surface area contributed by atoms with Crippen molar-refractivity contribution in [2.45, 2.75) is 18.9 Å². The Balaban J connectivity index is 1.56. The van der Waals surface area contributed by atoms with E-state index >= 15 is 0 Å². The van der Waals surface area contributed by atoms with Gasteiger partial charge in [-0.25, -0.2) is 9.97 Å². The molecule has 1 atom stereocenters. The van der Waals surface area contributed by atoms with Gasteiger partial charge in [0.05, 0.1) is 22.2 Å². The SMILES string of the molecule is O=C(CBr)N1CCC[C@H](Nc2ncc(Cl)c(-c3cccc(-c4ccccc4)c3)n2)C1. The molecule has 3 aromatic rings. The van der Waals surface area contributed by atoms with E-state index in [0.717, 1.165) is 36.1 Å². The first-order chi connectivity index (χ1) is 14.6. The lowest BCUT2D eigenvalue weighted by Crippen LogP contribution is -2.45. The summed E-state index contributed by atoms with van der Waals surface area (Å²) < 4.78 is 0. The van der Waals surface area contributed by atoms with E-state index in [1.54, 1.807) is 6.20 Å². The summed E-state index contributed by atoms with van der Waals surface area (Å²) in [4.78, 5) is 22.9. The number of amides is 1. The minimum atomic E-state index is 0.108. The number of rotatable bonds is 5. The number of nitrogens with zero attached hydrogens (tertiary/aromatic N) is 3. The number of aromatic nitrogens is 2. The van der Waals surface area contributed by atoms with Gasteiger partial charge in [0.2, 0.25) is 11.9 Å². The number of hydrogen-bond acceptors (Lipinski definition) is 4. The second kappa shape index (κ2) is 9.58. The molecule has 154 valence electrons. The zero-order valence-electron chi connectivity index (χ0n) is 16.4. The largest absolute Gasteiger partial charge is 0.350 e. The normalized spacial score (nSPS) is 16.3. The molecule has 1 aliphatic heterocycles. The van der Waals surface area contributed by atoms with Crippen LogP contribution in [0, 0.1) is 0 Å². The minimum absolute atomic E-state index is 0.108. The molecule has 2 aromatic carbocycles. The van der Waals surface area contributed by atoms with Gasteiger partial charge in [0.1, 0.15) is 0 Å². The number of piperidine rings is 1. The van der Waals surface area contributed by atoms with E-state index < -0.39 is 0 Å². The molecule has 0 saturated carbocycles. The number of halogens is 2. The van der Waals surface area contributed by atoms with Gasteiger partial charge in [-0.2, -0.15) is 0 Å². The third-order valence-corrected chi connectivity index (χ3v) is 5.97. The van der Waals surface area contributed by atoms with Crippen LogP contribution in [-0.2, 0) is 4.79 Å². The predicted molar refractivity (Wildman–Crippen MR) is 125 cm³/mol. The summed E-state index contributed by atoms with van der Waals surface area (Å²) in [6, 6.07) is 18.5. The molecular weight excluding hydrogens is 464 g/mol. The molecule has 0 aliphatic carbocycles. The molecule has 1 amide bonds. The number of likely N-dealkylation sites (tertiary alicyclic amines) is 1. The van der Waals surface area contributed by atoms with Crippen LogP contribution in [0.15, 0.2) is 60.8 Å². The zero-order chi connectivity index (χ0) is 20.9. The van der Waals surface area contributed by atoms with Crippen molar-refractivity contribution in [3.63, 3.8) is 0 Å². The van der Waals surface area contributed by atoms with Gasteiger partial charge in [-0.15, -0.1) is 0 Å². The number of hydrogen-bond donors (Lipinski definition) is 1. The molecule has 1 saturated heterocycles. The van der Waals surface area contributed by atoms with E-state index in [0.29, 0.717) is 28.5 Å². The van der Waals surface area contributed by atoms with Crippen LogP contribution in [0.1, 0.15) is 12.8 Å². The first-order valence-electron chi connectivity index (χ1n) is 9.92. The molecule has 1 aliphatic rings. The standard InChI is InChI=1S/C23H22BrClN4O/c24-13-21(30)29-11-5-10-19(15-29)27-23-26-14-20(25)22(28-23)18-9-4-8-17(12-18)16-6-2-1-3-7-16/h1-4,6-9,12,14,19H,5,10-11,13,15H2,(H,26,27,28)/t19-/m0/s1. The summed E-state index contributed by atoms with van der Waals surface area (Å²) in [6.07, 6.45) is 3.55. The van der Waals surface area contributed by atoms with Crippen molar-refractivity contribution < 1.29 is 4.79 Å². The molecule has 5 nitrogen and oxygen atoms in total. The van der Waals surface area contributed by atoms with E-state index in [4.69, 9.17) is 16.6 Å². The maximum Gasteiger partial charge on any atom is 0.233 e. The first-order valence-corrected chi connectivity index (χ1v) is 11.4. The second-order valence-electron chi connectivity index (χ2n) is 7.29. The first kappa shape index (κ1) is 20.8. The van der Waals surface area contributed by atoms with E-state index in [9.17, 15) is 4.79 Å². The molecule has 1 N–H and O–H groups in total. The van der Waals surface area contributed by atoms with Crippen LogP contribution in [-0.4, -0.2) is 45.2 Å². The van der Waals surface area contributed by atoms with Crippen LogP contribution >= 0.6 is 27.5 Å². The number of carbonyl (C=O) groups excluding carboxylic acids is 1. The highest BCUT2D eigenvalue weighted by atomic mass is 79.9. The Bertz CT molecular complexity index is 1030. The van der Waals surface area contributed by atoms with Crippen LogP contribution in [0.4, 0.5) is 5.95 Å². The Morgan fingerprint density at radius 3 is 2.70 bits per heavy atom. The summed E-state index contributed by atoms with van der Waals surface area (Å²) in [5.74, 6) is 0.634. The lowest BCUT2D eigenvalue weighted by atomic mass is 10.0. The van der Waals surface area contributed by atoms with Crippen LogP contribution in [0.3, 0.4) is 0 Å². The van der Waals surface area contributed by atoms with E-state index in [-0.39, 0.29) is 11.9 Å². The van der Waals surface area contributed by atoms with Crippen LogP contribution < -0.4 is 5.32 Å². The topological polar surface area (TPSA) is 58.1 Å². The molecule has 2 heterocycles. The van der Waals surface area contributed by atoms with Gasteiger partial charge in [-0.3, -0.25) is 4.79 Å². The fourth-order valence-corrected chi connectivity index (χ4v) is 4.26. The Morgan fingerprint density at radius 1 is 1.13 bits per heavy atom. The Hall–Kier alpha value is -2.44. The highest BCUT2D eigenvalue weighted by Crippen LogP contribution is 2.30. The van der Waals surface area contributed by atoms with Crippen molar-refractivity contribution in [1.29, 1.82) is 0 Å². The molecule has 30 heavy (non-hydrogen) atoms. The number of alkyl halides is 1. The monoisotopic (exact) mass is 484 g/mol. The fraction of sp³-hybridized carbons (Fsp3) is 0.261. The quantitative estimate of drug-likeness (QED) is 0.501. The van der Waals surface area contributed by atoms with Crippen molar-refractivity contribution in [1.82, 2.24) is 14.9 Å². The molecule has 0 unspecified atom stereocenters. The highest BCUT2D eigenvalue weighted by Gasteiger charge is 2.23. The van der Waals surface area contributed by atoms with Crippen molar-refractivity contribution >= 4 is 39.4 Å². The smallest absolute Gasteiger partial charge is 0.233 e. The van der Waals surface area contributed by atoms with Crippen LogP contribution in [0.2, 0.25) is 5.02 Å². The molecule has 4 rings (SSSR count). The molecule has 0 bridgehead atoms. The molecule has 1 fully saturated rings.